The third-order valence-electron chi connectivity index (χ3n) is 2.84. The summed E-state index contributed by atoms with van der Waals surface area (Å²) in [6, 6.07) is 5.09. The van der Waals surface area contributed by atoms with Crippen molar-refractivity contribution in [3.63, 3.8) is 0 Å². The summed E-state index contributed by atoms with van der Waals surface area (Å²) >= 11 is 11.7. The number of rotatable bonds is 3. The maximum absolute atomic E-state index is 11.7. The van der Waals surface area contributed by atoms with Crippen LogP contribution in [0, 0.1) is 5.92 Å². The summed E-state index contributed by atoms with van der Waals surface area (Å²) in [6.45, 7) is 1.93. The predicted molar refractivity (Wildman–Crippen MR) is 70.7 cm³/mol. The molecule has 1 unspecified atom stereocenters. The summed E-state index contributed by atoms with van der Waals surface area (Å²) in [5.74, 6) is 0.467. The highest BCUT2D eigenvalue weighted by atomic mass is 35.5. The van der Waals surface area contributed by atoms with Crippen LogP contribution in [-0.4, -0.2) is 19.0 Å². The highest BCUT2D eigenvalue weighted by Crippen LogP contribution is 2.25. The Morgan fingerprint density at radius 2 is 2.24 bits per heavy atom. The monoisotopic (exact) mass is 272 g/mol. The van der Waals surface area contributed by atoms with Crippen molar-refractivity contribution in [3.05, 3.63) is 28.2 Å². The van der Waals surface area contributed by atoms with Gasteiger partial charge in [-0.05, 0) is 43.6 Å². The molecule has 1 aliphatic rings. The zero-order chi connectivity index (χ0) is 12.3. The molecule has 0 spiro atoms. The molecule has 1 aromatic carbocycles. The number of hydrogen-bond acceptors (Lipinski definition) is 2. The zero-order valence-corrected chi connectivity index (χ0v) is 10.8. The minimum atomic E-state index is 0.0251. The fourth-order valence-corrected chi connectivity index (χ4v) is 2.23. The molecular formula is C12H14Cl2N2O. The molecule has 0 aliphatic carbocycles. The number of nitrogens with one attached hydrogen (secondary N) is 2. The molecule has 0 radical (unpaired) electrons. The second kappa shape index (κ2) is 5.71. The van der Waals surface area contributed by atoms with Gasteiger partial charge in [-0.2, -0.15) is 0 Å². The van der Waals surface area contributed by atoms with Crippen molar-refractivity contribution in [2.24, 2.45) is 5.92 Å². The summed E-state index contributed by atoms with van der Waals surface area (Å²) < 4.78 is 0. The van der Waals surface area contributed by atoms with Crippen molar-refractivity contribution in [1.82, 2.24) is 5.32 Å². The van der Waals surface area contributed by atoms with Crippen LogP contribution in [-0.2, 0) is 4.79 Å². The SMILES string of the molecule is O=C(CC1CCNC1)Nc1ccc(Cl)c(Cl)c1. The van der Waals surface area contributed by atoms with Crippen molar-refractivity contribution in [2.75, 3.05) is 18.4 Å². The van der Waals surface area contributed by atoms with Gasteiger partial charge >= 0.3 is 0 Å². The lowest BCUT2D eigenvalue weighted by atomic mass is 10.0. The minimum Gasteiger partial charge on any atom is -0.326 e. The van der Waals surface area contributed by atoms with E-state index in [2.05, 4.69) is 10.6 Å². The fraction of sp³-hybridized carbons (Fsp3) is 0.417. The first-order chi connectivity index (χ1) is 8.15. The van der Waals surface area contributed by atoms with E-state index in [0.717, 1.165) is 19.5 Å². The molecule has 0 aromatic heterocycles. The smallest absolute Gasteiger partial charge is 0.224 e. The topological polar surface area (TPSA) is 41.1 Å². The molecule has 1 heterocycles. The molecule has 3 nitrogen and oxygen atoms in total. The molecule has 1 saturated heterocycles. The second-order valence-corrected chi connectivity index (χ2v) is 5.05. The molecule has 1 aliphatic heterocycles. The lowest BCUT2D eigenvalue weighted by molar-refractivity contribution is -0.116. The average Bonchev–Trinajstić information content (AvgIpc) is 2.76. The van der Waals surface area contributed by atoms with Crippen LogP contribution in [0.4, 0.5) is 5.69 Å². The summed E-state index contributed by atoms with van der Waals surface area (Å²) in [7, 11) is 0. The Bertz CT molecular complexity index is 417. The van der Waals surface area contributed by atoms with Crippen LogP contribution in [0.15, 0.2) is 18.2 Å². The predicted octanol–water partition coefficient (Wildman–Crippen LogP) is 2.93. The van der Waals surface area contributed by atoms with Gasteiger partial charge < -0.3 is 10.6 Å². The molecular weight excluding hydrogens is 259 g/mol. The lowest BCUT2D eigenvalue weighted by Crippen LogP contribution is -2.18. The molecule has 5 heteroatoms. The second-order valence-electron chi connectivity index (χ2n) is 4.24. The fourth-order valence-electron chi connectivity index (χ4n) is 1.94. The van der Waals surface area contributed by atoms with Crippen molar-refractivity contribution >= 4 is 34.8 Å². The molecule has 1 amide bonds. The molecule has 2 N–H and O–H groups in total. The Morgan fingerprint density at radius 1 is 1.41 bits per heavy atom. The van der Waals surface area contributed by atoms with E-state index in [1.165, 1.54) is 0 Å². The average molecular weight is 273 g/mol. The van der Waals surface area contributed by atoms with E-state index in [9.17, 15) is 4.79 Å². The van der Waals surface area contributed by atoms with Gasteiger partial charge in [0.25, 0.3) is 0 Å². The molecule has 92 valence electrons. The molecule has 17 heavy (non-hydrogen) atoms. The number of carbonyl (C=O) groups excluding carboxylic acids is 1. The van der Waals surface area contributed by atoms with Crippen molar-refractivity contribution in [1.29, 1.82) is 0 Å². The summed E-state index contributed by atoms with van der Waals surface area (Å²) in [4.78, 5) is 11.7. The molecule has 2 rings (SSSR count). The van der Waals surface area contributed by atoms with Gasteiger partial charge in [0.15, 0.2) is 0 Å². The number of carbonyl (C=O) groups is 1. The number of anilines is 1. The van der Waals surface area contributed by atoms with E-state index in [4.69, 9.17) is 23.2 Å². The Labute approximate surface area is 110 Å². The van der Waals surface area contributed by atoms with E-state index in [1.807, 2.05) is 0 Å². The van der Waals surface area contributed by atoms with Gasteiger partial charge in [-0.15, -0.1) is 0 Å². The number of amides is 1. The van der Waals surface area contributed by atoms with Crippen LogP contribution in [0.5, 0.6) is 0 Å². The van der Waals surface area contributed by atoms with Crippen molar-refractivity contribution < 1.29 is 4.79 Å². The third kappa shape index (κ3) is 3.60. The zero-order valence-electron chi connectivity index (χ0n) is 9.30. The van der Waals surface area contributed by atoms with E-state index in [1.54, 1.807) is 18.2 Å². The Hall–Kier alpha value is -0.770. The molecule has 1 fully saturated rings. The number of hydrogen-bond donors (Lipinski definition) is 2. The highest BCUT2D eigenvalue weighted by Gasteiger charge is 2.18. The first kappa shape index (κ1) is 12.7. The van der Waals surface area contributed by atoms with Crippen molar-refractivity contribution in [3.8, 4) is 0 Å². The van der Waals surface area contributed by atoms with Crippen LogP contribution >= 0.6 is 23.2 Å². The summed E-state index contributed by atoms with van der Waals surface area (Å²) in [5.41, 5.74) is 0.690. The van der Waals surface area contributed by atoms with Gasteiger partial charge in [0.1, 0.15) is 0 Å². The first-order valence-electron chi connectivity index (χ1n) is 5.61. The van der Waals surface area contributed by atoms with Gasteiger partial charge in [0.05, 0.1) is 10.0 Å². The molecule has 0 bridgehead atoms. The van der Waals surface area contributed by atoms with E-state index < -0.39 is 0 Å². The summed E-state index contributed by atoms with van der Waals surface area (Å²) in [5, 5.41) is 7.01. The largest absolute Gasteiger partial charge is 0.326 e. The molecule has 1 atom stereocenters. The van der Waals surface area contributed by atoms with E-state index in [-0.39, 0.29) is 5.91 Å². The van der Waals surface area contributed by atoms with Crippen LogP contribution in [0.25, 0.3) is 0 Å². The maximum atomic E-state index is 11.7. The standard InChI is InChI=1S/C12H14Cl2N2O/c13-10-2-1-9(6-11(10)14)16-12(17)5-8-3-4-15-7-8/h1-2,6,8,15H,3-5,7H2,(H,16,17). The Balaban J connectivity index is 1.90. The summed E-state index contributed by atoms with van der Waals surface area (Å²) in [6.07, 6.45) is 1.61. The Morgan fingerprint density at radius 3 is 2.88 bits per heavy atom. The number of benzene rings is 1. The highest BCUT2D eigenvalue weighted by molar-refractivity contribution is 6.42. The van der Waals surface area contributed by atoms with Gasteiger partial charge in [-0.1, -0.05) is 23.2 Å². The normalized spacial score (nSPS) is 19.3. The molecule has 0 saturated carbocycles. The van der Waals surface area contributed by atoms with E-state index in [0.29, 0.717) is 28.1 Å². The van der Waals surface area contributed by atoms with Crippen molar-refractivity contribution in [2.45, 2.75) is 12.8 Å². The first-order valence-corrected chi connectivity index (χ1v) is 6.36. The van der Waals surface area contributed by atoms with Crippen LogP contribution in [0.2, 0.25) is 10.0 Å². The minimum absolute atomic E-state index is 0.0251. The quantitative estimate of drug-likeness (QED) is 0.889. The van der Waals surface area contributed by atoms with Gasteiger partial charge in [0, 0.05) is 12.1 Å². The third-order valence-corrected chi connectivity index (χ3v) is 3.58. The van der Waals surface area contributed by atoms with Crippen LogP contribution < -0.4 is 10.6 Å². The van der Waals surface area contributed by atoms with Gasteiger partial charge in [-0.25, -0.2) is 0 Å². The lowest BCUT2D eigenvalue weighted by Gasteiger charge is -2.09. The van der Waals surface area contributed by atoms with Gasteiger partial charge in [-0.3, -0.25) is 4.79 Å². The van der Waals surface area contributed by atoms with Crippen LogP contribution in [0.1, 0.15) is 12.8 Å². The van der Waals surface area contributed by atoms with Gasteiger partial charge in [0.2, 0.25) is 5.91 Å². The van der Waals surface area contributed by atoms with Crippen LogP contribution in [0.3, 0.4) is 0 Å². The van der Waals surface area contributed by atoms with E-state index >= 15 is 0 Å². The number of halogens is 2. The maximum Gasteiger partial charge on any atom is 0.224 e. The molecule has 1 aromatic rings. The Kier molecular flexibility index (Phi) is 4.26.